The van der Waals surface area contributed by atoms with E-state index in [0.717, 1.165) is 60.9 Å². The molecule has 0 atom stereocenters. The van der Waals surface area contributed by atoms with Crippen LogP contribution >= 0.6 is 0 Å². The van der Waals surface area contributed by atoms with Gasteiger partial charge in [0.25, 0.3) is 0 Å². The van der Waals surface area contributed by atoms with E-state index in [-0.39, 0.29) is 0 Å². The van der Waals surface area contributed by atoms with Crippen LogP contribution in [-0.4, -0.2) is 9.97 Å². The zero-order chi connectivity index (χ0) is 28.1. The fraction of sp³-hybridized carbons (Fsp3) is 0. The van der Waals surface area contributed by atoms with Crippen LogP contribution in [-0.2, 0) is 0 Å². The molecule has 0 spiro atoms. The molecule has 0 amide bonds. The number of nitrogens with zero attached hydrogens (tertiary/aromatic N) is 2. The van der Waals surface area contributed by atoms with Crippen LogP contribution in [0.2, 0.25) is 0 Å². The van der Waals surface area contributed by atoms with Crippen molar-refractivity contribution in [3.8, 4) is 44.8 Å². The van der Waals surface area contributed by atoms with Crippen molar-refractivity contribution in [2.24, 2.45) is 0 Å². The Morgan fingerprint density at radius 1 is 0.419 bits per heavy atom. The second kappa shape index (κ2) is 8.37. The summed E-state index contributed by atoms with van der Waals surface area (Å²) >= 11 is 0. The summed E-state index contributed by atoms with van der Waals surface area (Å²) in [6, 6.07) is 46.9. The number of furan rings is 1. The lowest BCUT2D eigenvalue weighted by Crippen LogP contribution is -1.92. The zero-order valence-electron chi connectivity index (χ0n) is 23.0. The number of benzene rings is 6. The smallest absolute Gasteiger partial charge is 0.136 e. The second-order valence-corrected chi connectivity index (χ2v) is 11.3. The predicted molar refractivity (Wildman–Crippen MR) is 177 cm³/mol. The molecule has 9 aromatic rings. The van der Waals surface area contributed by atoms with Gasteiger partial charge in [0.05, 0.1) is 22.4 Å². The van der Waals surface area contributed by atoms with E-state index in [4.69, 9.17) is 14.4 Å². The molecule has 0 aliphatic heterocycles. The molecule has 0 fully saturated rings. The quantitative estimate of drug-likeness (QED) is 0.202. The van der Waals surface area contributed by atoms with Gasteiger partial charge in [0.1, 0.15) is 11.2 Å². The molecule has 198 valence electrons. The molecule has 0 saturated heterocycles. The summed E-state index contributed by atoms with van der Waals surface area (Å²) in [6.45, 7) is 0. The standard InChI is InChI=1S/C40H22N2O/c1-2-8-23(9-3-1)32-20-18-24-16-17-25-19-21-33(42-40(25)39(24)41-32)28-13-6-11-26-27-12-7-14-30-37(27)31(36(26)28)22-35-38(30)29-10-4-5-15-34(29)43-35/h1-22H. The van der Waals surface area contributed by atoms with E-state index in [1.807, 2.05) is 24.3 Å². The maximum absolute atomic E-state index is 6.42. The van der Waals surface area contributed by atoms with E-state index in [0.29, 0.717) is 0 Å². The van der Waals surface area contributed by atoms with E-state index in [9.17, 15) is 0 Å². The number of fused-ring (bicyclic) bond motifs is 10. The molecule has 6 aromatic carbocycles. The Morgan fingerprint density at radius 3 is 1.93 bits per heavy atom. The molecular weight excluding hydrogens is 524 g/mol. The van der Waals surface area contributed by atoms with E-state index < -0.39 is 0 Å². The van der Waals surface area contributed by atoms with Crippen molar-refractivity contribution in [2.75, 3.05) is 0 Å². The fourth-order valence-electron chi connectivity index (χ4n) is 7.09. The lowest BCUT2D eigenvalue weighted by molar-refractivity contribution is 0.669. The topological polar surface area (TPSA) is 38.9 Å². The molecule has 1 aliphatic carbocycles. The largest absolute Gasteiger partial charge is 0.456 e. The van der Waals surface area contributed by atoms with Gasteiger partial charge in [-0.05, 0) is 57.3 Å². The first-order chi connectivity index (χ1) is 21.3. The third-order valence-electron chi connectivity index (χ3n) is 8.99. The molecule has 3 aromatic heterocycles. The number of aromatic nitrogens is 2. The average molecular weight is 547 g/mol. The first-order valence-electron chi connectivity index (χ1n) is 14.6. The highest BCUT2D eigenvalue weighted by atomic mass is 16.3. The second-order valence-electron chi connectivity index (χ2n) is 11.3. The number of pyridine rings is 2. The van der Waals surface area contributed by atoms with Gasteiger partial charge in [-0.2, -0.15) is 0 Å². The van der Waals surface area contributed by atoms with Crippen molar-refractivity contribution in [3.05, 3.63) is 133 Å². The average Bonchev–Trinajstić information content (AvgIpc) is 3.61. The van der Waals surface area contributed by atoms with E-state index in [1.54, 1.807) is 0 Å². The molecule has 0 bridgehead atoms. The minimum atomic E-state index is 0.915. The molecule has 1 aliphatic rings. The summed E-state index contributed by atoms with van der Waals surface area (Å²) in [6.07, 6.45) is 0. The van der Waals surface area contributed by atoms with Gasteiger partial charge in [-0.1, -0.05) is 109 Å². The molecule has 0 unspecified atom stereocenters. The molecule has 3 heterocycles. The summed E-state index contributed by atoms with van der Waals surface area (Å²) in [5, 5.41) is 7.01. The highest BCUT2D eigenvalue weighted by molar-refractivity contribution is 6.29. The Hall–Kier alpha value is -5.80. The lowest BCUT2D eigenvalue weighted by Gasteiger charge is -2.12. The van der Waals surface area contributed by atoms with Crippen molar-refractivity contribution >= 4 is 54.5 Å². The number of hydrogen-bond donors (Lipinski definition) is 0. The van der Waals surface area contributed by atoms with Gasteiger partial charge in [-0.3, -0.25) is 0 Å². The highest BCUT2D eigenvalue weighted by Crippen LogP contribution is 2.53. The molecule has 0 N–H and O–H groups in total. The summed E-state index contributed by atoms with van der Waals surface area (Å²) < 4.78 is 6.42. The number of para-hydroxylation sites is 1. The van der Waals surface area contributed by atoms with Crippen LogP contribution in [0.1, 0.15) is 0 Å². The Labute approximate surface area is 246 Å². The van der Waals surface area contributed by atoms with Crippen LogP contribution in [0.15, 0.2) is 138 Å². The van der Waals surface area contributed by atoms with Crippen LogP contribution in [0.5, 0.6) is 0 Å². The maximum Gasteiger partial charge on any atom is 0.136 e. The summed E-state index contributed by atoms with van der Waals surface area (Å²) in [4.78, 5) is 10.4. The highest BCUT2D eigenvalue weighted by Gasteiger charge is 2.27. The third kappa shape index (κ3) is 3.14. The normalized spacial score (nSPS) is 12.2. The Kier molecular flexibility index (Phi) is 4.45. The van der Waals surface area contributed by atoms with Gasteiger partial charge in [-0.25, -0.2) is 9.97 Å². The van der Waals surface area contributed by atoms with Gasteiger partial charge >= 0.3 is 0 Å². The molecule has 3 heteroatoms. The molecule has 0 saturated carbocycles. The van der Waals surface area contributed by atoms with Gasteiger partial charge in [0.15, 0.2) is 0 Å². The minimum absolute atomic E-state index is 0.915. The Bertz CT molecular complexity index is 2610. The summed E-state index contributed by atoms with van der Waals surface area (Å²) in [5.74, 6) is 0. The van der Waals surface area contributed by atoms with E-state index in [1.165, 1.54) is 38.4 Å². The van der Waals surface area contributed by atoms with Crippen molar-refractivity contribution in [3.63, 3.8) is 0 Å². The molecule has 43 heavy (non-hydrogen) atoms. The maximum atomic E-state index is 6.42. The van der Waals surface area contributed by atoms with E-state index in [2.05, 4.69) is 109 Å². The summed E-state index contributed by atoms with van der Waals surface area (Å²) in [5.41, 5.74) is 12.7. The Balaban J connectivity index is 1.24. The Morgan fingerprint density at radius 2 is 1.07 bits per heavy atom. The predicted octanol–water partition coefficient (Wildman–Crippen LogP) is 10.8. The SMILES string of the molecule is c1ccc(-c2ccc3ccc4ccc(-c5cccc6c5-c5cc7oc8ccccc8c7c7cccc-6c57)nc4c3n2)cc1. The summed E-state index contributed by atoms with van der Waals surface area (Å²) in [7, 11) is 0. The first kappa shape index (κ1) is 22.8. The molecule has 3 nitrogen and oxygen atoms in total. The lowest BCUT2D eigenvalue weighted by atomic mass is 9.94. The monoisotopic (exact) mass is 546 g/mol. The number of hydrogen-bond acceptors (Lipinski definition) is 3. The van der Waals surface area contributed by atoms with Crippen LogP contribution in [0.25, 0.3) is 99.3 Å². The van der Waals surface area contributed by atoms with Crippen molar-refractivity contribution in [1.82, 2.24) is 9.97 Å². The molecule has 10 rings (SSSR count). The third-order valence-corrected chi connectivity index (χ3v) is 8.99. The van der Waals surface area contributed by atoms with Crippen LogP contribution < -0.4 is 0 Å². The van der Waals surface area contributed by atoms with Crippen LogP contribution in [0, 0.1) is 0 Å². The van der Waals surface area contributed by atoms with Crippen molar-refractivity contribution < 1.29 is 4.42 Å². The minimum Gasteiger partial charge on any atom is -0.456 e. The van der Waals surface area contributed by atoms with Gasteiger partial charge in [0, 0.05) is 32.7 Å². The molecule has 0 radical (unpaired) electrons. The van der Waals surface area contributed by atoms with E-state index >= 15 is 0 Å². The van der Waals surface area contributed by atoms with Crippen LogP contribution in [0.4, 0.5) is 0 Å². The van der Waals surface area contributed by atoms with Gasteiger partial charge < -0.3 is 4.42 Å². The van der Waals surface area contributed by atoms with Crippen molar-refractivity contribution in [1.29, 1.82) is 0 Å². The van der Waals surface area contributed by atoms with Gasteiger partial charge in [0.2, 0.25) is 0 Å². The molecular formula is C40H22N2O. The van der Waals surface area contributed by atoms with Crippen LogP contribution in [0.3, 0.4) is 0 Å². The zero-order valence-corrected chi connectivity index (χ0v) is 23.0. The fourth-order valence-corrected chi connectivity index (χ4v) is 7.09. The van der Waals surface area contributed by atoms with Gasteiger partial charge in [-0.15, -0.1) is 0 Å². The first-order valence-corrected chi connectivity index (χ1v) is 14.6. The van der Waals surface area contributed by atoms with Crippen molar-refractivity contribution in [2.45, 2.75) is 0 Å². The number of rotatable bonds is 2.